The molecular formula is C23H28F3N3O3. The molecule has 1 saturated heterocycles. The van der Waals surface area contributed by atoms with Gasteiger partial charge in [0, 0.05) is 38.4 Å². The van der Waals surface area contributed by atoms with Gasteiger partial charge in [0.1, 0.15) is 11.5 Å². The van der Waals surface area contributed by atoms with Crippen LogP contribution in [-0.4, -0.2) is 63.5 Å². The van der Waals surface area contributed by atoms with E-state index in [1.165, 1.54) is 30.0 Å². The third-order valence-corrected chi connectivity index (χ3v) is 5.30. The summed E-state index contributed by atoms with van der Waals surface area (Å²) >= 11 is 0. The van der Waals surface area contributed by atoms with E-state index in [2.05, 4.69) is 32.0 Å². The normalized spacial score (nSPS) is 14.8. The number of amides is 1. The van der Waals surface area contributed by atoms with Gasteiger partial charge in [0.15, 0.2) is 0 Å². The van der Waals surface area contributed by atoms with Crippen LogP contribution in [0.3, 0.4) is 0 Å². The highest BCUT2D eigenvalue weighted by Crippen LogP contribution is 2.23. The minimum atomic E-state index is -4.72. The molecule has 0 atom stereocenters. The summed E-state index contributed by atoms with van der Waals surface area (Å²) in [6.45, 7) is 5.30. The summed E-state index contributed by atoms with van der Waals surface area (Å²) in [5.74, 6) is 0.398. The van der Waals surface area contributed by atoms with Gasteiger partial charge >= 0.3 is 6.36 Å². The number of anilines is 1. The molecule has 1 N–H and O–H groups in total. The van der Waals surface area contributed by atoms with Crippen LogP contribution < -0.4 is 19.7 Å². The second-order valence-corrected chi connectivity index (χ2v) is 7.60. The van der Waals surface area contributed by atoms with Crippen molar-refractivity contribution in [2.24, 2.45) is 0 Å². The van der Waals surface area contributed by atoms with Gasteiger partial charge in [0.2, 0.25) is 5.91 Å². The maximum Gasteiger partial charge on any atom is 0.573 e. The zero-order valence-electron chi connectivity index (χ0n) is 18.0. The first kappa shape index (κ1) is 23.7. The van der Waals surface area contributed by atoms with Crippen LogP contribution in [0.25, 0.3) is 0 Å². The second kappa shape index (κ2) is 11.1. The van der Waals surface area contributed by atoms with E-state index in [1.807, 2.05) is 12.1 Å². The SMILES string of the molecule is COc1ccc(N2CCN(CCCNC(=O)Cc3ccc(OC(F)(F)F)cc3)CC2)cc1. The fraction of sp³-hybridized carbons (Fsp3) is 0.435. The van der Waals surface area contributed by atoms with Crippen molar-refractivity contribution in [3.63, 3.8) is 0 Å². The maximum atomic E-state index is 12.2. The number of ether oxygens (including phenoxy) is 2. The Morgan fingerprint density at radius 1 is 0.969 bits per heavy atom. The van der Waals surface area contributed by atoms with Gasteiger partial charge < -0.3 is 19.7 Å². The van der Waals surface area contributed by atoms with Crippen molar-refractivity contribution in [2.75, 3.05) is 51.3 Å². The van der Waals surface area contributed by atoms with E-state index in [9.17, 15) is 18.0 Å². The van der Waals surface area contributed by atoms with Gasteiger partial charge in [-0.1, -0.05) is 12.1 Å². The molecule has 1 fully saturated rings. The molecule has 174 valence electrons. The molecule has 0 aliphatic carbocycles. The van der Waals surface area contributed by atoms with Crippen LogP contribution in [0.15, 0.2) is 48.5 Å². The number of rotatable bonds is 9. The van der Waals surface area contributed by atoms with Crippen molar-refractivity contribution >= 4 is 11.6 Å². The monoisotopic (exact) mass is 451 g/mol. The largest absolute Gasteiger partial charge is 0.573 e. The van der Waals surface area contributed by atoms with Crippen LogP contribution in [0.5, 0.6) is 11.5 Å². The van der Waals surface area contributed by atoms with Crippen LogP contribution in [-0.2, 0) is 11.2 Å². The van der Waals surface area contributed by atoms with E-state index < -0.39 is 6.36 Å². The minimum absolute atomic E-state index is 0.118. The third-order valence-electron chi connectivity index (χ3n) is 5.30. The van der Waals surface area contributed by atoms with E-state index in [0.29, 0.717) is 12.1 Å². The summed E-state index contributed by atoms with van der Waals surface area (Å²) in [5, 5.41) is 2.87. The predicted octanol–water partition coefficient (Wildman–Crippen LogP) is 3.46. The Hall–Kier alpha value is -2.94. The molecule has 0 aromatic heterocycles. The van der Waals surface area contributed by atoms with Crippen molar-refractivity contribution in [2.45, 2.75) is 19.2 Å². The summed E-state index contributed by atoms with van der Waals surface area (Å²) in [5.41, 5.74) is 1.82. The molecule has 0 saturated carbocycles. The molecule has 1 amide bonds. The predicted molar refractivity (Wildman–Crippen MR) is 116 cm³/mol. The molecule has 2 aromatic carbocycles. The molecule has 0 radical (unpaired) electrons. The Morgan fingerprint density at radius 2 is 1.59 bits per heavy atom. The van der Waals surface area contributed by atoms with Crippen molar-refractivity contribution in [1.82, 2.24) is 10.2 Å². The quantitative estimate of drug-likeness (QED) is 0.592. The molecule has 32 heavy (non-hydrogen) atoms. The fourth-order valence-electron chi connectivity index (χ4n) is 3.61. The lowest BCUT2D eigenvalue weighted by Gasteiger charge is -2.36. The number of nitrogens with zero attached hydrogens (tertiary/aromatic N) is 2. The number of alkyl halides is 3. The van der Waals surface area contributed by atoms with Crippen LogP contribution in [0.1, 0.15) is 12.0 Å². The number of carbonyl (C=O) groups excluding carboxylic acids is 1. The fourth-order valence-corrected chi connectivity index (χ4v) is 3.61. The summed E-state index contributed by atoms with van der Waals surface area (Å²) in [4.78, 5) is 16.8. The zero-order chi connectivity index (χ0) is 23.0. The number of piperazine rings is 1. The Bertz CT molecular complexity index is 850. The lowest BCUT2D eigenvalue weighted by molar-refractivity contribution is -0.274. The Labute approximate surface area is 185 Å². The summed E-state index contributed by atoms with van der Waals surface area (Å²) < 4.78 is 45.6. The average molecular weight is 451 g/mol. The molecule has 9 heteroatoms. The standard InChI is InChI=1S/C23H28F3N3O3/c1-31-20-9-5-19(6-10-20)29-15-13-28(14-16-29)12-2-11-27-22(30)17-18-3-7-21(8-4-18)32-23(24,25)26/h3-10H,2,11-17H2,1H3,(H,27,30). The van der Waals surface area contributed by atoms with Gasteiger partial charge in [-0.15, -0.1) is 13.2 Å². The minimum Gasteiger partial charge on any atom is -0.497 e. The van der Waals surface area contributed by atoms with Crippen molar-refractivity contribution in [3.8, 4) is 11.5 Å². The summed E-state index contributed by atoms with van der Waals surface area (Å²) in [6.07, 6.45) is -3.76. The molecule has 2 aromatic rings. The van der Waals surface area contributed by atoms with Gasteiger partial charge in [0.05, 0.1) is 13.5 Å². The summed E-state index contributed by atoms with van der Waals surface area (Å²) in [7, 11) is 1.66. The smallest absolute Gasteiger partial charge is 0.497 e. The molecule has 3 rings (SSSR count). The van der Waals surface area contributed by atoms with E-state index in [-0.39, 0.29) is 18.1 Å². The van der Waals surface area contributed by atoms with Crippen LogP contribution >= 0.6 is 0 Å². The first-order valence-electron chi connectivity index (χ1n) is 10.5. The van der Waals surface area contributed by atoms with Gasteiger partial charge in [-0.05, 0) is 54.9 Å². The number of hydrogen-bond donors (Lipinski definition) is 1. The lowest BCUT2D eigenvalue weighted by Crippen LogP contribution is -2.47. The van der Waals surface area contributed by atoms with Gasteiger partial charge in [0.25, 0.3) is 0 Å². The van der Waals surface area contributed by atoms with Crippen molar-refractivity contribution < 1.29 is 27.4 Å². The number of hydrogen-bond acceptors (Lipinski definition) is 5. The van der Waals surface area contributed by atoms with Crippen molar-refractivity contribution in [3.05, 3.63) is 54.1 Å². The molecule has 1 aliphatic heterocycles. The van der Waals surface area contributed by atoms with Gasteiger partial charge in [-0.25, -0.2) is 0 Å². The number of nitrogens with one attached hydrogen (secondary N) is 1. The van der Waals surface area contributed by atoms with E-state index in [0.717, 1.165) is 44.9 Å². The van der Waals surface area contributed by atoms with E-state index >= 15 is 0 Å². The number of benzene rings is 2. The number of halogens is 3. The maximum absolute atomic E-state index is 12.2. The van der Waals surface area contributed by atoms with E-state index in [4.69, 9.17) is 4.74 Å². The molecule has 0 bridgehead atoms. The second-order valence-electron chi connectivity index (χ2n) is 7.60. The zero-order valence-corrected chi connectivity index (χ0v) is 18.0. The molecule has 6 nitrogen and oxygen atoms in total. The highest BCUT2D eigenvalue weighted by Gasteiger charge is 2.31. The molecule has 0 unspecified atom stereocenters. The topological polar surface area (TPSA) is 54.0 Å². The summed E-state index contributed by atoms with van der Waals surface area (Å²) in [6, 6.07) is 13.4. The van der Waals surface area contributed by atoms with Gasteiger partial charge in [-0.3, -0.25) is 9.69 Å². The average Bonchev–Trinajstić information content (AvgIpc) is 2.78. The lowest BCUT2D eigenvalue weighted by atomic mass is 10.1. The van der Waals surface area contributed by atoms with Gasteiger partial charge in [-0.2, -0.15) is 0 Å². The van der Waals surface area contributed by atoms with Crippen LogP contribution in [0, 0.1) is 0 Å². The Balaban J connectivity index is 1.30. The highest BCUT2D eigenvalue weighted by atomic mass is 19.4. The molecule has 0 spiro atoms. The third kappa shape index (κ3) is 7.64. The Morgan fingerprint density at radius 3 is 2.19 bits per heavy atom. The van der Waals surface area contributed by atoms with Crippen LogP contribution in [0.4, 0.5) is 18.9 Å². The Kier molecular flexibility index (Phi) is 8.21. The van der Waals surface area contributed by atoms with Crippen LogP contribution in [0.2, 0.25) is 0 Å². The molecular weight excluding hydrogens is 423 g/mol. The number of methoxy groups -OCH3 is 1. The first-order chi connectivity index (χ1) is 15.3. The molecule has 1 aliphatic rings. The van der Waals surface area contributed by atoms with Crippen molar-refractivity contribution in [1.29, 1.82) is 0 Å². The molecule has 1 heterocycles. The highest BCUT2D eigenvalue weighted by molar-refractivity contribution is 5.78. The van der Waals surface area contributed by atoms with E-state index in [1.54, 1.807) is 7.11 Å². The number of carbonyl (C=O) groups is 1. The first-order valence-corrected chi connectivity index (χ1v) is 10.5.